The number of benzene rings is 4. The molecule has 4 aromatic carbocycles. The lowest BCUT2D eigenvalue weighted by Gasteiger charge is -2.12. The number of fused-ring (bicyclic) bond motifs is 1. The number of ether oxygens (including phenoxy) is 2. The van der Waals surface area contributed by atoms with Gasteiger partial charge in [0.15, 0.2) is 11.6 Å². The van der Waals surface area contributed by atoms with Gasteiger partial charge in [0.25, 0.3) is 0 Å². The van der Waals surface area contributed by atoms with Crippen LogP contribution in [0.1, 0.15) is 24.5 Å². The van der Waals surface area contributed by atoms with Crippen molar-refractivity contribution >= 4 is 10.8 Å². The van der Waals surface area contributed by atoms with Crippen LogP contribution in [-0.2, 0) is 12.8 Å². The summed E-state index contributed by atoms with van der Waals surface area (Å²) in [5.41, 5.74) is 2.26. The van der Waals surface area contributed by atoms with Crippen LogP contribution in [0.3, 0.4) is 0 Å². The second kappa shape index (κ2) is 10.5. The van der Waals surface area contributed by atoms with Crippen molar-refractivity contribution in [2.45, 2.75) is 32.5 Å². The molecule has 0 heterocycles. The molecule has 0 radical (unpaired) electrons. The van der Waals surface area contributed by atoms with Crippen LogP contribution in [0.5, 0.6) is 11.5 Å². The summed E-state index contributed by atoms with van der Waals surface area (Å²) in [6.07, 6.45) is -4.19. The summed E-state index contributed by atoms with van der Waals surface area (Å²) in [4.78, 5) is 0. The second-order valence-corrected chi connectivity index (χ2v) is 8.28. The zero-order chi connectivity index (χ0) is 25.9. The smallest absolute Gasteiger partial charge is 0.494 e. The highest BCUT2D eigenvalue weighted by molar-refractivity contribution is 5.88. The fourth-order valence-electron chi connectivity index (χ4n) is 3.92. The molecule has 4 rings (SSSR count). The maximum Gasteiger partial charge on any atom is 0.573 e. The molecule has 0 aliphatic carbocycles. The molecule has 0 aliphatic heterocycles. The molecule has 36 heavy (non-hydrogen) atoms. The molecule has 188 valence electrons. The number of rotatable bonds is 8. The fraction of sp³-hybridized carbons (Fsp3) is 0.214. The highest BCUT2D eigenvalue weighted by Crippen LogP contribution is 2.31. The van der Waals surface area contributed by atoms with Crippen molar-refractivity contribution in [2.75, 3.05) is 6.61 Å². The Kier molecular flexibility index (Phi) is 7.43. The normalized spacial score (nSPS) is 11.6. The van der Waals surface area contributed by atoms with E-state index in [0.29, 0.717) is 22.9 Å². The molecular formula is C28H22F6O2. The largest absolute Gasteiger partial charge is 0.573 e. The predicted octanol–water partition coefficient (Wildman–Crippen LogP) is 8.40. The van der Waals surface area contributed by atoms with Crippen LogP contribution in [0, 0.1) is 17.5 Å². The van der Waals surface area contributed by atoms with Gasteiger partial charge in [-0.3, -0.25) is 0 Å². The van der Waals surface area contributed by atoms with E-state index in [1.54, 1.807) is 24.3 Å². The fourth-order valence-corrected chi connectivity index (χ4v) is 3.92. The summed E-state index contributed by atoms with van der Waals surface area (Å²) in [7, 11) is 0. The first-order valence-corrected chi connectivity index (χ1v) is 11.3. The van der Waals surface area contributed by atoms with Crippen molar-refractivity contribution in [3.63, 3.8) is 0 Å². The second-order valence-electron chi connectivity index (χ2n) is 8.28. The molecule has 0 aromatic heterocycles. The van der Waals surface area contributed by atoms with E-state index < -0.39 is 29.6 Å². The molecule has 0 atom stereocenters. The highest BCUT2D eigenvalue weighted by atomic mass is 19.4. The zero-order valence-electron chi connectivity index (χ0n) is 19.3. The molecule has 0 spiro atoms. The van der Waals surface area contributed by atoms with Gasteiger partial charge < -0.3 is 9.47 Å². The molecule has 2 nitrogen and oxygen atoms in total. The van der Waals surface area contributed by atoms with Gasteiger partial charge in [0.05, 0.1) is 6.61 Å². The molecule has 0 amide bonds. The van der Waals surface area contributed by atoms with Crippen molar-refractivity contribution in [1.29, 1.82) is 0 Å². The third-order valence-electron chi connectivity index (χ3n) is 5.65. The molecule has 0 aliphatic rings. The average molecular weight is 504 g/mol. The summed E-state index contributed by atoms with van der Waals surface area (Å²) < 4.78 is 89.1. The molecule has 0 saturated carbocycles. The van der Waals surface area contributed by atoms with Gasteiger partial charge in [0, 0.05) is 5.39 Å². The Morgan fingerprint density at radius 2 is 1.42 bits per heavy atom. The number of hydrogen-bond donors (Lipinski definition) is 0. The van der Waals surface area contributed by atoms with Gasteiger partial charge >= 0.3 is 6.36 Å². The molecule has 0 bridgehead atoms. The van der Waals surface area contributed by atoms with Gasteiger partial charge in [-0.1, -0.05) is 43.3 Å². The maximum absolute atomic E-state index is 15.2. The van der Waals surface area contributed by atoms with E-state index >= 15 is 4.39 Å². The standard InChI is InChI=1S/C28H22F6O2/c1-2-13-35-22-10-7-18(8-11-22)20-9-12-23-21(16-20)6-5-19(26(23)31)4-3-17-14-24(29)27(25(30)15-17)36-28(32,33)34/h5-12,14-16H,2-4,13H2,1H3. The Morgan fingerprint density at radius 3 is 2.06 bits per heavy atom. The van der Waals surface area contributed by atoms with Crippen LogP contribution in [0.25, 0.3) is 21.9 Å². The van der Waals surface area contributed by atoms with Crippen molar-refractivity contribution in [2.24, 2.45) is 0 Å². The van der Waals surface area contributed by atoms with Gasteiger partial charge in [0.2, 0.25) is 5.75 Å². The minimum atomic E-state index is -5.22. The first-order chi connectivity index (χ1) is 17.1. The molecule has 0 saturated heterocycles. The average Bonchev–Trinajstić information content (AvgIpc) is 2.84. The monoisotopic (exact) mass is 504 g/mol. The quantitative estimate of drug-likeness (QED) is 0.224. The first-order valence-electron chi connectivity index (χ1n) is 11.3. The lowest BCUT2D eigenvalue weighted by atomic mass is 9.97. The topological polar surface area (TPSA) is 18.5 Å². The van der Waals surface area contributed by atoms with Crippen LogP contribution in [0.4, 0.5) is 26.3 Å². The van der Waals surface area contributed by atoms with E-state index in [1.165, 1.54) is 0 Å². The molecule has 0 fully saturated rings. The van der Waals surface area contributed by atoms with E-state index in [9.17, 15) is 22.0 Å². The summed E-state index contributed by atoms with van der Waals surface area (Å²) in [6, 6.07) is 17.8. The lowest BCUT2D eigenvalue weighted by Crippen LogP contribution is -2.19. The Labute approximate surface area is 204 Å². The number of aryl methyl sites for hydroxylation is 2. The number of hydrogen-bond acceptors (Lipinski definition) is 2. The van der Waals surface area contributed by atoms with Crippen molar-refractivity contribution in [1.82, 2.24) is 0 Å². The van der Waals surface area contributed by atoms with Crippen molar-refractivity contribution in [3.8, 4) is 22.6 Å². The van der Waals surface area contributed by atoms with Crippen LogP contribution < -0.4 is 9.47 Å². The molecule has 0 unspecified atom stereocenters. The van der Waals surface area contributed by atoms with E-state index in [1.807, 2.05) is 37.3 Å². The van der Waals surface area contributed by atoms with Gasteiger partial charge in [-0.2, -0.15) is 0 Å². The predicted molar refractivity (Wildman–Crippen MR) is 126 cm³/mol. The van der Waals surface area contributed by atoms with Gasteiger partial charge in [0.1, 0.15) is 11.6 Å². The summed E-state index contributed by atoms with van der Waals surface area (Å²) >= 11 is 0. The highest BCUT2D eigenvalue weighted by Gasteiger charge is 2.34. The van der Waals surface area contributed by atoms with E-state index in [0.717, 1.165) is 35.4 Å². The number of halogens is 6. The zero-order valence-corrected chi connectivity index (χ0v) is 19.3. The molecular weight excluding hydrogens is 482 g/mol. The van der Waals surface area contributed by atoms with Crippen LogP contribution in [0.2, 0.25) is 0 Å². The SMILES string of the molecule is CCCOc1ccc(-c2ccc3c(F)c(CCc4cc(F)c(OC(F)(F)F)c(F)c4)ccc3c2)cc1. The number of alkyl halides is 3. The molecule has 8 heteroatoms. The Balaban J connectivity index is 1.51. The summed E-state index contributed by atoms with van der Waals surface area (Å²) in [5, 5.41) is 1.08. The third-order valence-corrected chi connectivity index (χ3v) is 5.65. The minimum Gasteiger partial charge on any atom is -0.494 e. The van der Waals surface area contributed by atoms with Crippen LogP contribution in [-0.4, -0.2) is 13.0 Å². The summed E-state index contributed by atoms with van der Waals surface area (Å²) in [5.74, 6) is -4.14. The lowest BCUT2D eigenvalue weighted by molar-refractivity contribution is -0.276. The van der Waals surface area contributed by atoms with E-state index in [4.69, 9.17) is 4.74 Å². The molecule has 4 aromatic rings. The summed E-state index contributed by atoms with van der Waals surface area (Å²) in [6.45, 7) is 2.67. The third kappa shape index (κ3) is 5.93. The molecule has 0 N–H and O–H groups in total. The maximum atomic E-state index is 15.2. The van der Waals surface area contributed by atoms with Crippen LogP contribution >= 0.6 is 0 Å². The van der Waals surface area contributed by atoms with Crippen LogP contribution in [0.15, 0.2) is 66.7 Å². The van der Waals surface area contributed by atoms with Crippen molar-refractivity contribution < 1.29 is 35.8 Å². The minimum absolute atomic E-state index is 0.0209. The first kappa shape index (κ1) is 25.4. The Bertz CT molecular complexity index is 1340. The van der Waals surface area contributed by atoms with Gasteiger partial charge in [-0.05, 0) is 77.2 Å². The van der Waals surface area contributed by atoms with E-state index in [-0.39, 0.29) is 18.4 Å². The Morgan fingerprint density at radius 1 is 0.750 bits per heavy atom. The van der Waals surface area contributed by atoms with Gasteiger partial charge in [-0.25, -0.2) is 13.2 Å². The van der Waals surface area contributed by atoms with Gasteiger partial charge in [-0.15, -0.1) is 13.2 Å². The van der Waals surface area contributed by atoms with Crippen molar-refractivity contribution in [3.05, 3.63) is 95.3 Å². The Hall–Kier alpha value is -3.68. The van der Waals surface area contributed by atoms with E-state index in [2.05, 4.69) is 4.74 Å².